The number of aromatic nitrogens is 1. The monoisotopic (exact) mass is 317 g/mol. The maximum absolute atomic E-state index is 12.1. The van der Waals surface area contributed by atoms with E-state index >= 15 is 0 Å². The number of amides is 1. The van der Waals surface area contributed by atoms with Crippen LogP contribution in [0.15, 0.2) is 24.5 Å². The van der Waals surface area contributed by atoms with E-state index in [9.17, 15) is 4.79 Å². The highest BCUT2D eigenvalue weighted by Crippen LogP contribution is 2.38. The number of carbonyl (C=O) groups excluding carboxylic acids is 1. The number of hydrogen-bond donors (Lipinski definition) is 0. The van der Waals surface area contributed by atoms with E-state index in [0.717, 1.165) is 19.6 Å². The van der Waals surface area contributed by atoms with Crippen molar-refractivity contribution in [1.82, 2.24) is 14.8 Å². The molecule has 5 nitrogen and oxygen atoms in total. The summed E-state index contributed by atoms with van der Waals surface area (Å²) in [6.07, 6.45) is 7.49. The zero-order valence-electron chi connectivity index (χ0n) is 14.1. The predicted molar refractivity (Wildman–Crippen MR) is 88.8 cm³/mol. The van der Waals surface area contributed by atoms with Crippen molar-refractivity contribution in [2.75, 3.05) is 33.9 Å². The second-order valence-electron chi connectivity index (χ2n) is 6.93. The lowest BCUT2D eigenvalue weighted by molar-refractivity contribution is -0.134. The number of nitrogens with zero attached hydrogens (tertiary/aromatic N) is 3. The first kappa shape index (κ1) is 16.4. The summed E-state index contributed by atoms with van der Waals surface area (Å²) in [5.74, 6) is 1.37. The summed E-state index contributed by atoms with van der Waals surface area (Å²) in [7, 11) is 3.80. The third-order valence-electron chi connectivity index (χ3n) is 5.40. The predicted octanol–water partition coefficient (Wildman–Crippen LogP) is 1.79. The van der Waals surface area contributed by atoms with E-state index < -0.39 is 0 Å². The maximum Gasteiger partial charge on any atom is 0.248 e. The van der Waals surface area contributed by atoms with Gasteiger partial charge in [0.2, 0.25) is 5.91 Å². The third kappa shape index (κ3) is 3.72. The van der Waals surface area contributed by atoms with E-state index in [-0.39, 0.29) is 12.5 Å². The molecule has 0 unspecified atom stereocenters. The fourth-order valence-corrected chi connectivity index (χ4v) is 4.30. The Hall–Kier alpha value is -1.46. The Morgan fingerprint density at radius 3 is 3.04 bits per heavy atom. The van der Waals surface area contributed by atoms with E-state index in [0.29, 0.717) is 17.9 Å². The molecule has 0 N–H and O–H groups in total. The van der Waals surface area contributed by atoms with Crippen molar-refractivity contribution >= 4 is 5.91 Å². The largest absolute Gasteiger partial charge is 0.375 e. The average Bonchev–Trinajstić information content (AvgIpc) is 3.00. The Balaban J connectivity index is 1.64. The highest BCUT2D eigenvalue weighted by atomic mass is 16.5. The second kappa shape index (κ2) is 7.41. The molecule has 126 valence electrons. The summed E-state index contributed by atoms with van der Waals surface area (Å²) in [6.45, 7) is 2.92. The minimum absolute atomic E-state index is 0.135. The van der Waals surface area contributed by atoms with Gasteiger partial charge in [-0.2, -0.15) is 0 Å². The highest BCUT2D eigenvalue weighted by Gasteiger charge is 2.42. The maximum atomic E-state index is 12.1. The summed E-state index contributed by atoms with van der Waals surface area (Å²) in [6, 6.07) is 4.68. The number of rotatable bonds is 5. The molecular formula is C18H27N3O2. The molecule has 3 atom stereocenters. The molecule has 1 saturated heterocycles. The fraction of sp³-hybridized carbons (Fsp3) is 0.667. The standard InChI is InChI=1S/C18H27N3O2/c1-20(10-14-5-4-8-19-9-14)17-7-3-6-15-11-21(12-16(15)17)18(22)13-23-2/h4-5,8-9,15-17H,3,6-7,10-13H2,1-2H3/t15-,16+,17-/m1/s1. The molecule has 1 saturated carbocycles. The minimum Gasteiger partial charge on any atom is -0.375 e. The molecule has 2 aliphatic rings. The Morgan fingerprint density at radius 2 is 2.30 bits per heavy atom. The van der Waals surface area contributed by atoms with Crippen LogP contribution in [-0.2, 0) is 16.1 Å². The number of fused-ring (bicyclic) bond motifs is 1. The molecule has 0 aromatic carbocycles. The van der Waals surface area contributed by atoms with E-state index in [1.54, 1.807) is 7.11 Å². The smallest absolute Gasteiger partial charge is 0.248 e. The van der Waals surface area contributed by atoms with E-state index in [1.165, 1.54) is 24.8 Å². The van der Waals surface area contributed by atoms with Crippen LogP contribution in [0.1, 0.15) is 24.8 Å². The van der Waals surface area contributed by atoms with Crippen LogP contribution in [0.4, 0.5) is 0 Å². The van der Waals surface area contributed by atoms with Crippen LogP contribution in [0.3, 0.4) is 0 Å². The van der Waals surface area contributed by atoms with Crippen LogP contribution in [0.2, 0.25) is 0 Å². The molecular weight excluding hydrogens is 290 g/mol. The zero-order chi connectivity index (χ0) is 16.2. The molecule has 1 aliphatic heterocycles. The average molecular weight is 317 g/mol. The normalized spacial score (nSPS) is 27.3. The van der Waals surface area contributed by atoms with E-state index in [4.69, 9.17) is 4.74 Å². The van der Waals surface area contributed by atoms with Gasteiger partial charge in [0.15, 0.2) is 0 Å². The van der Waals surface area contributed by atoms with Gasteiger partial charge in [-0.25, -0.2) is 0 Å². The van der Waals surface area contributed by atoms with Gasteiger partial charge >= 0.3 is 0 Å². The summed E-state index contributed by atoms with van der Waals surface area (Å²) < 4.78 is 5.01. The molecule has 5 heteroatoms. The molecule has 1 aromatic heterocycles. The minimum atomic E-state index is 0.135. The summed E-state index contributed by atoms with van der Waals surface area (Å²) in [4.78, 5) is 20.8. The van der Waals surface area contributed by atoms with Gasteiger partial charge in [0.25, 0.3) is 0 Å². The quantitative estimate of drug-likeness (QED) is 0.830. The van der Waals surface area contributed by atoms with E-state index in [1.807, 2.05) is 23.4 Å². The zero-order valence-corrected chi connectivity index (χ0v) is 14.1. The SMILES string of the molecule is COCC(=O)N1C[C@H]2CCC[C@@H](N(C)Cc3cccnc3)[C@H]2C1. The first-order valence-electron chi connectivity index (χ1n) is 8.55. The van der Waals surface area contributed by atoms with Gasteiger partial charge in [-0.15, -0.1) is 0 Å². The van der Waals surface area contributed by atoms with Crippen molar-refractivity contribution in [2.45, 2.75) is 31.8 Å². The van der Waals surface area contributed by atoms with Crippen molar-refractivity contribution in [3.05, 3.63) is 30.1 Å². The van der Waals surface area contributed by atoms with Crippen molar-refractivity contribution in [3.63, 3.8) is 0 Å². The lowest BCUT2D eigenvalue weighted by Gasteiger charge is -2.39. The molecule has 0 spiro atoms. The van der Waals surface area contributed by atoms with Crippen LogP contribution >= 0.6 is 0 Å². The molecule has 1 aromatic rings. The van der Waals surface area contributed by atoms with Gasteiger partial charge in [-0.05, 0) is 43.4 Å². The van der Waals surface area contributed by atoms with Crippen LogP contribution in [0, 0.1) is 11.8 Å². The van der Waals surface area contributed by atoms with Gasteiger partial charge in [0.05, 0.1) is 0 Å². The third-order valence-corrected chi connectivity index (χ3v) is 5.40. The van der Waals surface area contributed by atoms with Crippen LogP contribution < -0.4 is 0 Å². The number of methoxy groups -OCH3 is 1. The first-order chi connectivity index (χ1) is 11.2. The van der Waals surface area contributed by atoms with Crippen LogP contribution in [0.5, 0.6) is 0 Å². The van der Waals surface area contributed by atoms with Gasteiger partial charge in [-0.1, -0.05) is 12.5 Å². The van der Waals surface area contributed by atoms with Crippen molar-refractivity contribution in [3.8, 4) is 0 Å². The molecule has 23 heavy (non-hydrogen) atoms. The number of hydrogen-bond acceptors (Lipinski definition) is 4. The van der Waals surface area contributed by atoms with Crippen molar-refractivity contribution in [2.24, 2.45) is 11.8 Å². The Bertz CT molecular complexity index is 522. The number of pyridine rings is 1. The van der Waals surface area contributed by atoms with Gasteiger partial charge in [-0.3, -0.25) is 14.7 Å². The Labute approximate surface area is 138 Å². The molecule has 0 radical (unpaired) electrons. The van der Waals surface area contributed by atoms with Crippen molar-refractivity contribution < 1.29 is 9.53 Å². The summed E-state index contributed by atoms with van der Waals surface area (Å²) >= 11 is 0. The molecule has 2 heterocycles. The molecule has 0 bridgehead atoms. The summed E-state index contributed by atoms with van der Waals surface area (Å²) in [5, 5.41) is 0. The highest BCUT2D eigenvalue weighted by molar-refractivity contribution is 5.77. The van der Waals surface area contributed by atoms with Gasteiger partial charge in [0.1, 0.15) is 6.61 Å². The topological polar surface area (TPSA) is 45.7 Å². The molecule has 3 rings (SSSR count). The first-order valence-corrected chi connectivity index (χ1v) is 8.55. The molecule has 1 aliphatic carbocycles. The van der Waals surface area contributed by atoms with Crippen LogP contribution in [0.25, 0.3) is 0 Å². The Kier molecular flexibility index (Phi) is 5.28. The van der Waals surface area contributed by atoms with Gasteiger partial charge < -0.3 is 9.64 Å². The summed E-state index contributed by atoms with van der Waals surface area (Å²) in [5.41, 5.74) is 1.25. The lowest BCUT2D eigenvalue weighted by Crippen LogP contribution is -2.43. The lowest BCUT2D eigenvalue weighted by atomic mass is 9.77. The molecule has 2 fully saturated rings. The van der Waals surface area contributed by atoms with Crippen molar-refractivity contribution in [1.29, 1.82) is 0 Å². The number of carbonyl (C=O) groups is 1. The number of ether oxygens (including phenoxy) is 1. The number of likely N-dealkylation sites (tertiary alicyclic amines) is 1. The fourth-order valence-electron chi connectivity index (χ4n) is 4.30. The van der Waals surface area contributed by atoms with Crippen LogP contribution in [-0.4, -0.2) is 60.6 Å². The van der Waals surface area contributed by atoms with E-state index in [2.05, 4.69) is 23.0 Å². The Morgan fingerprint density at radius 1 is 1.43 bits per heavy atom. The molecule has 1 amide bonds. The second-order valence-corrected chi connectivity index (χ2v) is 6.93. The van der Waals surface area contributed by atoms with Gasteiger partial charge in [0, 0.05) is 45.2 Å².